The van der Waals surface area contributed by atoms with Crippen molar-refractivity contribution in [1.29, 1.82) is 0 Å². The number of ketones is 1. The molecule has 6 heteroatoms. The van der Waals surface area contributed by atoms with E-state index in [1.54, 1.807) is 0 Å². The number of H-pyrrole nitrogens is 1. The van der Waals surface area contributed by atoms with Crippen molar-refractivity contribution in [2.75, 3.05) is 5.75 Å². The van der Waals surface area contributed by atoms with Crippen molar-refractivity contribution in [2.24, 2.45) is 0 Å². The SMILES string of the molecule is O=C(CSc1ncn[nH]1)Cc1ccc(-c2cc(-c3ccccc3)nc(-c3ccccc3)c2)cc1. The molecule has 0 amide bonds. The Bertz CT molecular complexity index is 1310. The predicted octanol–water partition coefficient (Wildman–Crippen LogP) is 6.10. The van der Waals surface area contributed by atoms with E-state index in [0.717, 1.165) is 39.2 Å². The van der Waals surface area contributed by atoms with E-state index in [2.05, 4.69) is 63.7 Å². The van der Waals surface area contributed by atoms with Crippen LogP contribution in [0.5, 0.6) is 0 Å². The maximum Gasteiger partial charge on any atom is 0.183 e. The first-order valence-electron chi connectivity index (χ1n) is 11.0. The van der Waals surface area contributed by atoms with Gasteiger partial charge in [0.2, 0.25) is 0 Å². The zero-order valence-electron chi connectivity index (χ0n) is 18.4. The second-order valence-electron chi connectivity index (χ2n) is 7.85. The van der Waals surface area contributed by atoms with Gasteiger partial charge in [-0.3, -0.25) is 9.89 Å². The first kappa shape index (κ1) is 21.8. The summed E-state index contributed by atoms with van der Waals surface area (Å²) in [7, 11) is 0. The predicted molar refractivity (Wildman–Crippen MR) is 136 cm³/mol. The van der Waals surface area contributed by atoms with Gasteiger partial charge >= 0.3 is 0 Å². The zero-order chi connectivity index (χ0) is 23.2. The van der Waals surface area contributed by atoms with Crippen LogP contribution in [0.2, 0.25) is 0 Å². The average molecular weight is 463 g/mol. The summed E-state index contributed by atoms with van der Waals surface area (Å²) >= 11 is 1.37. The normalized spacial score (nSPS) is 10.8. The van der Waals surface area contributed by atoms with Crippen molar-refractivity contribution in [3.63, 3.8) is 0 Å². The fourth-order valence-corrected chi connectivity index (χ4v) is 4.36. The van der Waals surface area contributed by atoms with Gasteiger partial charge in [-0.25, -0.2) is 9.97 Å². The van der Waals surface area contributed by atoms with Crippen LogP contribution in [-0.2, 0) is 11.2 Å². The fourth-order valence-electron chi connectivity index (χ4n) is 3.72. The van der Waals surface area contributed by atoms with E-state index in [9.17, 15) is 4.79 Å². The Balaban J connectivity index is 1.39. The Hall–Kier alpha value is -4.03. The molecule has 0 unspecified atom stereocenters. The monoisotopic (exact) mass is 462 g/mol. The van der Waals surface area contributed by atoms with Crippen LogP contribution < -0.4 is 0 Å². The lowest BCUT2D eigenvalue weighted by Crippen LogP contribution is -2.05. The number of pyridine rings is 1. The molecule has 0 aliphatic rings. The summed E-state index contributed by atoms with van der Waals surface area (Å²) in [5.74, 6) is 0.512. The van der Waals surface area contributed by atoms with Crippen molar-refractivity contribution in [3.05, 3.63) is 109 Å². The molecular weight excluding hydrogens is 440 g/mol. The third kappa shape index (κ3) is 5.30. The molecule has 0 spiro atoms. The average Bonchev–Trinajstić information content (AvgIpc) is 3.43. The van der Waals surface area contributed by atoms with Crippen LogP contribution in [0.1, 0.15) is 5.56 Å². The maximum atomic E-state index is 12.4. The highest BCUT2D eigenvalue weighted by atomic mass is 32.2. The Morgan fingerprint density at radius 2 is 1.35 bits per heavy atom. The molecular formula is C28H22N4OS. The third-order valence-corrected chi connectivity index (χ3v) is 6.35. The van der Waals surface area contributed by atoms with Gasteiger partial charge in [0.1, 0.15) is 12.1 Å². The van der Waals surface area contributed by atoms with Crippen molar-refractivity contribution in [3.8, 4) is 33.6 Å². The summed E-state index contributed by atoms with van der Waals surface area (Å²) in [6, 6.07) is 32.9. The summed E-state index contributed by atoms with van der Waals surface area (Å²) in [5.41, 5.74) is 7.19. The van der Waals surface area contributed by atoms with Gasteiger partial charge in [-0.15, -0.1) is 0 Å². The topological polar surface area (TPSA) is 71.5 Å². The van der Waals surface area contributed by atoms with Gasteiger partial charge in [0.05, 0.1) is 17.1 Å². The highest BCUT2D eigenvalue weighted by Gasteiger charge is 2.10. The van der Waals surface area contributed by atoms with Gasteiger partial charge in [0.15, 0.2) is 5.16 Å². The van der Waals surface area contributed by atoms with Crippen LogP contribution >= 0.6 is 11.8 Å². The van der Waals surface area contributed by atoms with Gasteiger partial charge in [0, 0.05) is 17.5 Å². The van der Waals surface area contributed by atoms with Gasteiger partial charge in [-0.1, -0.05) is 96.7 Å². The molecule has 34 heavy (non-hydrogen) atoms. The van der Waals surface area contributed by atoms with Crippen molar-refractivity contribution in [1.82, 2.24) is 20.2 Å². The minimum absolute atomic E-state index is 0.149. The lowest BCUT2D eigenvalue weighted by molar-refractivity contribution is -0.116. The number of nitrogens with zero attached hydrogens (tertiary/aromatic N) is 3. The molecule has 0 atom stereocenters. The molecule has 5 aromatic rings. The van der Waals surface area contributed by atoms with Crippen LogP contribution in [0.4, 0.5) is 0 Å². The molecule has 0 aliphatic carbocycles. The van der Waals surface area contributed by atoms with Crippen molar-refractivity contribution < 1.29 is 4.79 Å². The lowest BCUT2D eigenvalue weighted by atomic mass is 9.98. The molecule has 2 heterocycles. The lowest BCUT2D eigenvalue weighted by Gasteiger charge is -2.11. The van der Waals surface area contributed by atoms with E-state index in [-0.39, 0.29) is 5.78 Å². The van der Waals surface area contributed by atoms with Gasteiger partial charge in [-0.05, 0) is 28.8 Å². The summed E-state index contributed by atoms with van der Waals surface area (Å²) in [6.45, 7) is 0. The number of rotatable bonds is 8. The fraction of sp³-hybridized carbons (Fsp3) is 0.0714. The number of carbonyl (C=O) groups excluding carboxylic acids is 1. The minimum atomic E-state index is 0.149. The van der Waals surface area contributed by atoms with E-state index in [0.29, 0.717) is 17.3 Å². The largest absolute Gasteiger partial charge is 0.298 e. The zero-order valence-corrected chi connectivity index (χ0v) is 19.2. The van der Waals surface area contributed by atoms with Crippen LogP contribution in [-0.4, -0.2) is 31.7 Å². The molecule has 0 aliphatic heterocycles. The van der Waals surface area contributed by atoms with E-state index in [1.807, 2.05) is 48.5 Å². The second kappa shape index (κ2) is 10.3. The summed E-state index contributed by atoms with van der Waals surface area (Å²) in [5, 5.41) is 7.22. The highest BCUT2D eigenvalue weighted by molar-refractivity contribution is 7.99. The quantitative estimate of drug-likeness (QED) is 0.282. The summed E-state index contributed by atoms with van der Waals surface area (Å²) in [6.07, 6.45) is 1.83. The number of Topliss-reactive ketones (excluding diaryl/α,β-unsaturated/α-hetero) is 1. The molecule has 0 fully saturated rings. The molecule has 5 rings (SSSR count). The first-order valence-corrected chi connectivity index (χ1v) is 12.0. The molecule has 0 bridgehead atoms. The maximum absolute atomic E-state index is 12.4. The minimum Gasteiger partial charge on any atom is -0.298 e. The molecule has 2 aromatic heterocycles. The van der Waals surface area contributed by atoms with Crippen LogP contribution in [0.3, 0.4) is 0 Å². The Kier molecular flexibility index (Phi) is 6.59. The van der Waals surface area contributed by atoms with E-state index in [4.69, 9.17) is 4.98 Å². The van der Waals surface area contributed by atoms with Crippen LogP contribution in [0.25, 0.3) is 33.6 Å². The Morgan fingerprint density at radius 1 is 0.735 bits per heavy atom. The van der Waals surface area contributed by atoms with Crippen LogP contribution in [0.15, 0.2) is 109 Å². The summed E-state index contributed by atoms with van der Waals surface area (Å²) < 4.78 is 0. The van der Waals surface area contributed by atoms with E-state index < -0.39 is 0 Å². The number of aromatic nitrogens is 4. The number of hydrogen-bond donors (Lipinski definition) is 1. The van der Waals surface area contributed by atoms with Crippen molar-refractivity contribution >= 4 is 17.5 Å². The molecule has 3 aromatic carbocycles. The number of thioether (sulfide) groups is 1. The smallest absolute Gasteiger partial charge is 0.183 e. The van der Waals surface area contributed by atoms with Gasteiger partial charge in [-0.2, -0.15) is 5.10 Å². The Labute approximate surface area is 202 Å². The molecule has 5 nitrogen and oxygen atoms in total. The molecule has 0 radical (unpaired) electrons. The van der Waals surface area contributed by atoms with Crippen molar-refractivity contribution in [2.45, 2.75) is 11.6 Å². The first-order chi connectivity index (χ1) is 16.7. The number of benzene rings is 3. The number of carbonyl (C=O) groups is 1. The third-order valence-electron chi connectivity index (χ3n) is 5.42. The standard InChI is InChI=1S/C28H22N4OS/c33-25(18-34-28-29-19-30-32-28)15-20-11-13-21(14-12-20)24-16-26(22-7-3-1-4-8-22)31-27(17-24)23-9-5-2-6-10-23/h1-14,16-17,19H,15,18H2,(H,29,30,32). The molecule has 0 saturated carbocycles. The second-order valence-corrected chi connectivity index (χ2v) is 8.81. The number of aromatic amines is 1. The number of nitrogens with one attached hydrogen (secondary N) is 1. The van der Waals surface area contributed by atoms with Crippen LogP contribution in [0, 0.1) is 0 Å². The Morgan fingerprint density at radius 3 is 1.91 bits per heavy atom. The van der Waals surface area contributed by atoms with Gasteiger partial charge < -0.3 is 0 Å². The van der Waals surface area contributed by atoms with E-state index in [1.165, 1.54) is 18.1 Å². The highest BCUT2D eigenvalue weighted by Crippen LogP contribution is 2.30. The number of hydrogen-bond acceptors (Lipinski definition) is 5. The summed E-state index contributed by atoms with van der Waals surface area (Å²) in [4.78, 5) is 21.4. The van der Waals surface area contributed by atoms with Gasteiger partial charge in [0.25, 0.3) is 0 Å². The van der Waals surface area contributed by atoms with E-state index >= 15 is 0 Å². The molecule has 166 valence electrons. The molecule has 0 saturated heterocycles. The molecule has 1 N–H and O–H groups in total.